The summed E-state index contributed by atoms with van der Waals surface area (Å²) >= 11 is 14.5. The molecule has 7 heteroatoms. The molecule has 14 heavy (non-hydrogen) atoms. The predicted molar refractivity (Wildman–Crippen MR) is 61.1 cm³/mol. The van der Waals surface area contributed by atoms with Crippen LogP contribution in [0.2, 0.25) is 8.67 Å². The van der Waals surface area contributed by atoms with Gasteiger partial charge in [0.25, 0.3) is 0 Å². The number of rotatable bonds is 2. The second-order valence-electron chi connectivity index (χ2n) is 2.44. The molecule has 0 saturated heterocycles. The van der Waals surface area contributed by atoms with E-state index in [9.17, 15) is 0 Å². The van der Waals surface area contributed by atoms with Crippen molar-refractivity contribution in [2.75, 3.05) is 0 Å². The Kier molecular flexibility index (Phi) is 3.04. The third-order valence-electron chi connectivity index (χ3n) is 1.53. The van der Waals surface area contributed by atoms with Crippen LogP contribution in [0.1, 0.15) is 5.01 Å². The minimum atomic E-state index is 0.396. The molecule has 0 bridgehead atoms. The Morgan fingerprint density at radius 3 is 2.57 bits per heavy atom. The smallest absolute Gasteiger partial charge is 0.150 e. The molecule has 0 spiro atoms. The standard InChI is InChI=1S/C7H5Cl2N3S2/c8-4-1-3(6(9)13-4)7-12-11-5(2-10)14-7/h1H,2,10H2. The summed E-state index contributed by atoms with van der Waals surface area (Å²) in [5.74, 6) is 0. The van der Waals surface area contributed by atoms with Crippen molar-refractivity contribution in [3.8, 4) is 10.6 Å². The molecule has 2 rings (SSSR count). The van der Waals surface area contributed by atoms with Crippen LogP contribution in [-0.2, 0) is 6.54 Å². The summed E-state index contributed by atoms with van der Waals surface area (Å²) in [5, 5.41) is 9.44. The second kappa shape index (κ2) is 4.12. The Morgan fingerprint density at radius 1 is 1.29 bits per heavy atom. The van der Waals surface area contributed by atoms with Gasteiger partial charge in [0.2, 0.25) is 0 Å². The summed E-state index contributed by atoms with van der Waals surface area (Å²) in [6, 6.07) is 1.79. The Balaban J connectivity index is 2.43. The van der Waals surface area contributed by atoms with E-state index in [1.165, 1.54) is 22.7 Å². The van der Waals surface area contributed by atoms with E-state index in [1.807, 2.05) is 0 Å². The largest absolute Gasteiger partial charge is 0.324 e. The van der Waals surface area contributed by atoms with E-state index in [2.05, 4.69) is 10.2 Å². The highest BCUT2D eigenvalue weighted by Gasteiger charge is 2.12. The van der Waals surface area contributed by atoms with E-state index in [1.54, 1.807) is 6.07 Å². The number of halogens is 2. The molecule has 3 nitrogen and oxygen atoms in total. The van der Waals surface area contributed by atoms with Gasteiger partial charge in [-0.15, -0.1) is 21.5 Å². The van der Waals surface area contributed by atoms with Crippen molar-refractivity contribution >= 4 is 45.9 Å². The van der Waals surface area contributed by atoms with Crippen LogP contribution >= 0.6 is 45.9 Å². The minimum Gasteiger partial charge on any atom is -0.324 e. The van der Waals surface area contributed by atoms with Crippen LogP contribution in [0.15, 0.2) is 6.07 Å². The normalized spacial score (nSPS) is 10.8. The lowest BCUT2D eigenvalue weighted by molar-refractivity contribution is 0.960. The van der Waals surface area contributed by atoms with Gasteiger partial charge in [0.15, 0.2) is 0 Å². The summed E-state index contributed by atoms with van der Waals surface area (Å²) in [7, 11) is 0. The molecular formula is C7H5Cl2N3S2. The first-order valence-corrected chi connectivity index (χ1v) is 6.07. The van der Waals surface area contributed by atoms with E-state index in [0.29, 0.717) is 15.2 Å². The number of hydrogen-bond acceptors (Lipinski definition) is 5. The van der Waals surface area contributed by atoms with E-state index in [0.717, 1.165) is 15.6 Å². The molecule has 0 saturated carbocycles. The van der Waals surface area contributed by atoms with Gasteiger partial charge in [-0.3, -0.25) is 0 Å². The van der Waals surface area contributed by atoms with Gasteiger partial charge in [-0.2, -0.15) is 0 Å². The van der Waals surface area contributed by atoms with Crippen molar-refractivity contribution in [1.82, 2.24) is 10.2 Å². The number of aromatic nitrogens is 2. The lowest BCUT2D eigenvalue weighted by atomic mass is 10.4. The first-order chi connectivity index (χ1) is 6.70. The maximum absolute atomic E-state index is 5.97. The molecule has 0 aliphatic carbocycles. The summed E-state index contributed by atoms with van der Waals surface area (Å²) in [6.45, 7) is 0.396. The third-order valence-corrected chi connectivity index (χ3v) is 4.00. The molecule has 0 aliphatic rings. The maximum atomic E-state index is 5.97. The van der Waals surface area contributed by atoms with Crippen molar-refractivity contribution in [3.63, 3.8) is 0 Å². The van der Waals surface area contributed by atoms with Crippen molar-refractivity contribution in [2.45, 2.75) is 6.54 Å². The van der Waals surface area contributed by atoms with Crippen LogP contribution in [0.3, 0.4) is 0 Å². The first-order valence-electron chi connectivity index (χ1n) is 3.68. The minimum absolute atomic E-state index is 0.396. The summed E-state index contributed by atoms with van der Waals surface area (Å²) in [5.41, 5.74) is 6.27. The molecule has 0 fully saturated rings. The zero-order valence-electron chi connectivity index (χ0n) is 6.83. The highest BCUT2D eigenvalue weighted by atomic mass is 35.5. The Labute approximate surface area is 98.5 Å². The van der Waals surface area contributed by atoms with Gasteiger partial charge in [0.1, 0.15) is 14.4 Å². The number of hydrogen-bond donors (Lipinski definition) is 1. The van der Waals surface area contributed by atoms with Crippen LogP contribution in [-0.4, -0.2) is 10.2 Å². The van der Waals surface area contributed by atoms with Gasteiger partial charge in [-0.25, -0.2) is 0 Å². The number of nitrogens with zero attached hydrogens (tertiary/aromatic N) is 2. The third kappa shape index (κ3) is 1.92. The average molecular weight is 266 g/mol. The molecule has 0 amide bonds. The molecule has 0 aliphatic heterocycles. The molecule has 2 aromatic heterocycles. The fourth-order valence-corrected chi connectivity index (χ4v) is 3.26. The van der Waals surface area contributed by atoms with Crippen LogP contribution in [0.5, 0.6) is 0 Å². The fraction of sp³-hybridized carbons (Fsp3) is 0.143. The van der Waals surface area contributed by atoms with E-state index >= 15 is 0 Å². The highest BCUT2D eigenvalue weighted by Crippen LogP contribution is 2.38. The van der Waals surface area contributed by atoms with Gasteiger partial charge in [0, 0.05) is 12.1 Å². The van der Waals surface area contributed by atoms with Gasteiger partial charge in [0.05, 0.1) is 4.34 Å². The monoisotopic (exact) mass is 265 g/mol. The van der Waals surface area contributed by atoms with Crippen molar-refractivity contribution in [2.24, 2.45) is 5.73 Å². The zero-order chi connectivity index (χ0) is 10.1. The molecular weight excluding hydrogens is 261 g/mol. The Bertz CT molecular complexity index is 451. The van der Waals surface area contributed by atoms with Crippen molar-refractivity contribution in [3.05, 3.63) is 19.7 Å². The predicted octanol–water partition coefficient (Wildman–Crippen LogP) is 3.03. The number of nitrogens with two attached hydrogens (primary N) is 1. The first kappa shape index (κ1) is 10.3. The Morgan fingerprint density at radius 2 is 2.07 bits per heavy atom. The van der Waals surface area contributed by atoms with Gasteiger partial charge >= 0.3 is 0 Å². The molecule has 74 valence electrons. The van der Waals surface area contributed by atoms with E-state index in [4.69, 9.17) is 28.9 Å². The fourth-order valence-electron chi connectivity index (χ4n) is 0.931. The van der Waals surface area contributed by atoms with Gasteiger partial charge in [-0.1, -0.05) is 34.5 Å². The van der Waals surface area contributed by atoms with Gasteiger partial charge < -0.3 is 5.73 Å². The molecule has 2 aromatic rings. The maximum Gasteiger partial charge on any atom is 0.150 e. The molecule has 0 aromatic carbocycles. The van der Waals surface area contributed by atoms with Gasteiger partial charge in [-0.05, 0) is 6.07 Å². The molecule has 2 heterocycles. The lowest BCUT2D eigenvalue weighted by Gasteiger charge is -1.87. The lowest BCUT2D eigenvalue weighted by Crippen LogP contribution is -1.94. The van der Waals surface area contributed by atoms with Crippen molar-refractivity contribution < 1.29 is 0 Å². The summed E-state index contributed by atoms with van der Waals surface area (Å²) < 4.78 is 1.28. The second-order valence-corrected chi connectivity index (χ2v) is 5.79. The van der Waals surface area contributed by atoms with Crippen LogP contribution < -0.4 is 5.73 Å². The highest BCUT2D eigenvalue weighted by molar-refractivity contribution is 7.21. The number of thiophene rings is 1. The van der Waals surface area contributed by atoms with Crippen LogP contribution in [0.4, 0.5) is 0 Å². The van der Waals surface area contributed by atoms with Crippen molar-refractivity contribution in [1.29, 1.82) is 0 Å². The average Bonchev–Trinajstić information content (AvgIpc) is 2.71. The molecule has 0 unspecified atom stereocenters. The summed E-state index contributed by atoms with van der Waals surface area (Å²) in [4.78, 5) is 0. The SMILES string of the molecule is NCc1nnc(-c2cc(Cl)sc2Cl)s1. The summed E-state index contributed by atoms with van der Waals surface area (Å²) in [6.07, 6.45) is 0. The molecule has 2 N–H and O–H groups in total. The van der Waals surface area contributed by atoms with E-state index in [-0.39, 0.29) is 0 Å². The van der Waals surface area contributed by atoms with Crippen LogP contribution in [0, 0.1) is 0 Å². The molecule has 0 atom stereocenters. The quantitative estimate of drug-likeness (QED) is 0.908. The topological polar surface area (TPSA) is 51.8 Å². The zero-order valence-corrected chi connectivity index (χ0v) is 9.97. The molecule has 0 radical (unpaired) electrons. The van der Waals surface area contributed by atoms with E-state index < -0.39 is 0 Å². The van der Waals surface area contributed by atoms with Crippen LogP contribution in [0.25, 0.3) is 10.6 Å². The Hall–Kier alpha value is -0.200.